The normalized spacial score (nSPS) is 10.8. The summed E-state index contributed by atoms with van der Waals surface area (Å²) in [6.45, 7) is 4.60. The Morgan fingerprint density at radius 3 is 2.30 bits per heavy atom. The Morgan fingerprint density at radius 1 is 0.852 bits per heavy atom. The van der Waals surface area contributed by atoms with Crippen LogP contribution in [0.1, 0.15) is 11.1 Å². The molecule has 0 aliphatic heterocycles. The van der Waals surface area contributed by atoms with E-state index in [1.165, 1.54) is 11.1 Å². The molecule has 0 atom stereocenters. The Bertz CT molecular complexity index is 862. The van der Waals surface area contributed by atoms with E-state index in [1.54, 1.807) is 0 Å². The van der Waals surface area contributed by atoms with Crippen molar-refractivity contribution in [1.82, 2.24) is 14.9 Å². The number of aryl methyl sites for hydroxylation is 1. The average molecular weight is 361 g/mol. The van der Waals surface area contributed by atoms with Crippen LogP contribution in [0.25, 0.3) is 11.4 Å². The van der Waals surface area contributed by atoms with Crippen LogP contribution in [0.5, 0.6) is 0 Å². The number of nitrogens with one attached hydrogen (secondary N) is 2. The summed E-state index contributed by atoms with van der Waals surface area (Å²) in [5.41, 5.74) is 3.50. The highest BCUT2D eigenvalue weighted by Crippen LogP contribution is 2.20. The number of benzene rings is 2. The van der Waals surface area contributed by atoms with Gasteiger partial charge in [0.25, 0.3) is 0 Å². The molecule has 0 aliphatic rings. The van der Waals surface area contributed by atoms with Crippen molar-refractivity contribution in [2.45, 2.75) is 13.5 Å². The fourth-order valence-electron chi connectivity index (χ4n) is 2.77. The third-order valence-corrected chi connectivity index (χ3v) is 4.18. The van der Waals surface area contributed by atoms with E-state index in [1.807, 2.05) is 36.4 Å². The van der Waals surface area contributed by atoms with E-state index >= 15 is 0 Å². The van der Waals surface area contributed by atoms with Crippen molar-refractivity contribution in [3.63, 3.8) is 0 Å². The maximum atomic E-state index is 4.71. The van der Waals surface area contributed by atoms with Crippen molar-refractivity contribution in [2.24, 2.45) is 0 Å². The SMILES string of the molecule is Cc1cccc(CNc2cc(NCCN(C)C)nc(-c3ccccc3)n2)c1. The lowest BCUT2D eigenvalue weighted by Gasteiger charge is -2.14. The van der Waals surface area contributed by atoms with Crippen LogP contribution in [0.2, 0.25) is 0 Å². The molecule has 2 aromatic carbocycles. The number of rotatable bonds is 8. The smallest absolute Gasteiger partial charge is 0.163 e. The zero-order valence-corrected chi connectivity index (χ0v) is 16.2. The van der Waals surface area contributed by atoms with Crippen molar-refractivity contribution in [3.05, 3.63) is 71.8 Å². The molecule has 140 valence electrons. The van der Waals surface area contributed by atoms with Crippen LogP contribution >= 0.6 is 0 Å². The number of anilines is 2. The van der Waals surface area contributed by atoms with Gasteiger partial charge in [-0.1, -0.05) is 60.2 Å². The predicted molar refractivity (Wildman–Crippen MR) is 113 cm³/mol. The molecule has 1 aromatic heterocycles. The molecule has 0 bridgehead atoms. The highest BCUT2D eigenvalue weighted by molar-refractivity contribution is 5.61. The highest BCUT2D eigenvalue weighted by atomic mass is 15.1. The van der Waals surface area contributed by atoms with Gasteiger partial charge in [-0.05, 0) is 26.6 Å². The molecule has 2 N–H and O–H groups in total. The van der Waals surface area contributed by atoms with Crippen molar-refractivity contribution in [1.29, 1.82) is 0 Å². The molecular formula is C22H27N5. The lowest BCUT2D eigenvalue weighted by molar-refractivity contribution is 0.425. The van der Waals surface area contributed by atoms with Crippen LogP contribution in [0.4, 0.5) is 11.6 Å². The summed E-state index contributed by atoms with van der Waals surface area (Å²) in [5, 5.41) is 6.84. The van der Waals surface area contributed by atoms with Gasteiger partial charge in [0.2, 0.25) is 0 Å². The van der Waals surface area contributed by atoms with Gasteiger partial charge in [0.15, 0.2) is 5.82 Å². The molecular weight excluding hydrogens is 334 g/mol. The van der Waals surface area contributed by atoms with E-state index in [9.17, 15) is 0 Å². The van der Waals surface area contributed by atoms with Crippen LogP contribution in [0.3, 0.4) is 0 Å². The quantitative estimate of drug-likeness (QED) is 0.634. The van der Waals surface area contributed by atoms with E-state index < -0.39 is 0 Å². The van der Waals surface area contributed by atoms with Crippen LogP contribution in [-0.2, 0) is 6.54 Å². The van der Waals surface area contributed by atoms with Gasteiger partial charge in [0.1, 0.15) is 11.6 Å². The minimum absolute atomic E-state index is 0.720. The molecule has 0 saturated heterocycles. The van der Waals surface area contributed by atoms with Gasteiger partial charge in [-0.15, -0.1) is 0 Å². The Morgan fingerprint density at radius 2 is 1.59 bits per heavy atom. The first kappa shape index (κ1) is 18.9. The Hall–Kier alpha value is -2.92. The standard InChI is InChI=1S/C22H27N5/c1-17-8-7-9-18(14-17)16-24-21-15-20(23-12-13-27(2)3)25-22(26-21)19-10-5-4-6-11-19/h4-11,14-15H,12-13,16H2,1-3H3,(H2,23,24,25,26). The molecule has 3 rings (SSSR count). The van der Waals surface area contributed by atoms with E-state index in [4.69, 9.17) is 4.98 Å². The van der Waals surface area contributed by atoms with E-state index in [0.29, 0.717) is 0 Å². The molecule has 0 radical (unpaired) electrons. The number of hydrogen-bond acceptors (Lipinski definition) is 5. The van der Waals surface area contributed by atoms with Gasteiger partial charge in [0, 0.05) is 31.3 Å². The molecule has 27 heavy (non-hydrogen) atoms. The minimum atomic E-state index is 0.720. The van der Waals surface area contributed by atoms with E-state index in [2.05, 4.69) is 65.8 Å². The second kappa shape index (κ2) is 9.14. The fraction of sp³-hybridized carbons (Fsp3) is 0.273. The first-order valence-corrected chi connectivity index (χ1v) is 9.23. The van der Waals surface area contributed by atoms with Gasteiger partial charge in [0.05, 0.1) is 0 Å². The summed E-state index contributed by atoms with van der Waals surface area (Å²) in [4.78, 5) is 11.5. The zero-order chi connectivity index (χ0) is 19.1. The molecule has 3 aromatic rings. The minimum Gasteiger partial charge on any atom is -0.369 e. The third kappa shape index (κ3) is 5.79. The van der Waals surface area contributed by atoms with E-state index in [0.717, 1.165) is 42.7 Å². The lowest BCUT2D eigenvalue weighted by atomic mass is 10.1. The summed E-state index contributed by atoms with van der Waals surface area (Å²) in [5.74, 6) is 2.37. The van der Waals surface area contributed by atoms with E-state index in [-0.39, 0.29) is 0 Å². The topological polar surface area (TPSA) is 53.1 Å². The number of likely N-dealkylation sites (N-methyl/N-ethyl adjacent to an activating group) is 1. The molecule has 5 heteroatoms. The summed E-state index contributed by atoms with van der Waals surface area (Å²) in [7, 11) is 4.12. The fourth-order valence-corrected chi connectivity index (χ4v) is 2.77. The maximum Gasteiger partial charge on any atom is 0.163 e. The van der Waals surface area contributed by atoms with Crippen molar-refractivity contribution < 1.29 is 0 Å². The predicted octanol–water partition coefficient (Wildman–Crippen LogP) is 4.04. The monoisotopic (exact) mass is 361 g/mol. The van der Waals surface area contributed by atoms with Gasteiger partial charge in [-0.2, -0.15) is 0 Å². The summed E-state index contributed by atoms with van der Waals surface area (Å²) in [6.07, 6.45) is 0. The van der Waals surface area contributed by atoms with Crippen molar-refractivity contribution in [3.8, 4) is 11.4 Å². The summed E-state index contributed by atoms with van der Waals surface area (Å²) < 4.78 is 0. The number of nitrogens with zero attached hydrogens (tertiary/aromatic N) is 3. The first-order valence-electron chi connectivity index (χ1n) is 9.23. The first-order chi connectivity index (χ1) is 13.1. The second-order valence-electron chi connectivity index (χ2n) is 6.90. The summed E-state index contributed by atoms with van der Waals surface area (Å²) >= 11 is 0. The van der Waals surface area contributed by atoms with Crippen LogP contribution < -0.4 is 10.6 Å². The van der Waals surface area contributed by atoms with Crippen molar-refractivity contribution >= 4 is 11.6 Å². The molecule has 0 unspecified atom stereocenters. The molecule has 0 amide bonds. The van der Waals surface area contributed by atoms with Crippen LogP contribution in [-0.4, -0.2) is 42.1 Å². The molecule has 0 spiro atoms. The largest absolute Gasteiger partial charge is 0.369 e. The van der Waals surface area contributed by atoms with Gasteiger partial charge in [-0.3, -0.25) is 0 Å². The molecule has 0 saturated carbocycles. The van der Waals surface area contributed by atoms with Crippen LogP contribution in [0.15, 0.2) is 60.7 Å². The molecule has 0 fully saturated rings. The Labute approximate surface area is 161 Å². The van der Waals surface area contributed by atoms with Crippen LogP contribution in [0, 0.1) is 6.92 Å². The zero-order valence-electron chi connectivity index (χ0n) is 16.2. The molecule has 5 nitrogen and oxygen atoms in total. The number of aromatic nitrogens is 2. The van der Waals surface area contributed by atoms with Gasteiger partial charge in [-0.25, -0.2) is 9.97 Å². The molecule has 0 aliphatic carbocycles. The highest BCUT2D eigenvalue weighted by Gasteiger charge is 2.07. The van der Waals surface area contributed by atoms with Gasteiger partial charge < -0.3 is 15.5 Å². The van der Waals surface area contributed by atoms with Gasteiger partial charge >= 0.3 is 0 Å². The lowest BCUT2D eigenvalue weighted by Crippen LogP contribution is -2.21. The second-order valence-corrected chi connectivity index (χ2v) is 6.90. The Kier molecular flexibility index (Phi) is 6.39. The summed E-state index contributed by atoms with van der Waals surface area (Å²) in [6, 6.07) is 20.5. The Balaban J connectivity index is 1.80. The maximum absolute atomic E-state index is 4.71. The number of hydrogen-bond donors (Lipinski definition) is 2. The van der Waals surface area contributed by atoms with Crippen molar-refractivity contribution in [2.75, 3.05) is 37.8 Å². The third-order valence-electron chi connectivity index (χ3n) is 4.18. The average Bonchev–Trinajstić information content (AvgIpc) is 2.67. The molecule has 1 heterocycles.